The summed E-state index contributed by atoms with van der Waals surface area (Å²) in [7, 11) is 0. The molecule has 0 spiro atoms. The van der Waals surface area contributed by atoms with E-state index in [0.717, 1.165) is 15.4 Å². The largest absolute Gasteiger partial charge is 0.494 e. The van der Waals surface area contributed by atoms with E-state index in [1.54, 1.807) is 30.3 Å². The average molecular weight is 527 g/mol. The minimum Gasteiger partial charge on any atom is -0.494 e. The van der Waals surface area contributed by atoms with E-state index in [4.69, 9.17) is 9.47 Å². The normalized spacial score (nSPS) is 11.1. The molecule has 0 aliphatic rings. The zero-order chi connectivity index (χ0) is 24.6. The van der Waals surface area contributed by atoms with Gasteiger partial charge in [0.2, 0.25) is 0 Å². The number of nitrogens with one attached hydrogen (secondary N) is 1. The fraction of sp³-hybridized carbons (Fsp3) is 0.103. The molecule has 0 atom stereocenters. The zero-order valence-corrected chi connectivity index (χ0v) is 20.7. The molecule has 1 amide bonds. The molecule has 4 aromatic rings. The van der Waals surface area contributed by atoms with Gasteiger partial charge in [0.15, 0.2) is 0 Å². The van der Waals surface area contributed by atoms with Crippen LogP contribution < -0.4 is 14.8 Å². The van der Waals surface area contributed by atoms with Crippen molar-refractivity contribution >= 4 is 44.4 Å². The van der Waals surface area contributed by atoms with E-state index in [0.29, 0.717) is 36.0 Å². The molecular weight excluding hydrogens is 504 g/mol. The highest BCUT2D eigenvalue weighted by Gasteiger charge is 2.11. The number of nitriles is 1. The van der Waals surface area contributed by atoms with E-state index in [9.17, 15) is 10.1 Å². The number of nitrogens with zero attached hydrogens (tertiary/aromatic N) is 1. The van der Waals surface area contributed by atoms with Gasteiger partial charge in [0, 0.05) is 5.69 Å². The van der Waals surface area contributed by atoms with Crippen molar-refractivity contribution in [3.8, 4) is 17.6 Å². The lowest BCUT2D eigenvalue weighted by molar-refractivity contribution is -0.112. The molecule has 6 heteroatoms. The highest BCUT2D eigenvalue weighted by molar-refractivity contribution is 9.10. The molecule has 0 aromatic heterocycles. The van der Waals surface area contributed by atoms with Gasteiger partial charge in [-0.1, -0.05) is 48.5 Å². The molecule has 0 bridgehead atoms. The molecule has 5 nitrogen and oxygen atoms in total. The second-order valence-electron chi connectivity index (χ2n) is 7.70. The summed E-state index contributed by atoms with van der Waals surface area (Å²) in [4.78, 5) is 12.6. The minimum atomic E-state index is -0.482. The van der Waals surface area contributed by atoms with Crippen LogP contribution in [0, 0.1) is 11.3 Å². The Kier molecular flexibility index (Phi) is 7.81. The summed E-state index contributed by atoms with van der Waals surface area (Å²) in [5, 5.41) is 14.6. The number of hydrogen-bond acceptors (Lipinski definition) is 4. The topological polar surface area (TPSA) is 71.3 Å². The Morgan fingerprint density at radius 2 is 1.77 bits per heavy atom. The first kappa shape index (κ1) is 24.1. The predicted molar refractivity (Wildman–Crippen MR) is 142 cm³/mol. The van der Waals surface area contributed by atoms with Gasteiger partial charge in [-0.3, -0.25) is 4.79 Å². The van der Waals surface area contributed by atoms with E-state index in [1.165, 1.54) is 5.39 Å². The van der Waals surface area contributed by atoms with Crippen molar-refractivity contribution in [3.63, 3.8) is 0 Å². The van der Waals surface area contributed by atoms with Crippen molar-refractivity contribution in [1.29, 1.82) is 5.26 Å². The van der Waals surface area contributed by atoms with Crippen LogP contribution in [0.25, 0.3) is 16.8 Å². The van der Waals surface area contributed by atoms with Crippen molar-refractivity contribution in [2.75, 3.05) is 11.9 Å². The van der Waals surface area contributed by atoms with Gasteiger partial charge >= 0.3 is 0 Å². The number of fused-ring (bicyclic) bond motifs is 1. The molecule has 4 rings (SSSR count). The number of carbonyl (C=O) groups excluding carboxylic acids is 1. The third kappa shape index (κ3) is 6.08. The highest BCUT2D eigenvalue weighted by atomic mass is 79.9. The van der Waals surface area contributed by atoms with Crippen LogP contribution >= 0.6 is 15.9 Å². The molecule has 0 saturated carbocycles. The lowest BCUT2D eigenvalue weighted by Gasteiger charge is -2.11. The molecule has 0 fully saturated rings. The number of ether oxygens (including phenoxy) is 2. The molecule has 0 aliphatic heterocycles. The van der Waals surface area contributed by atoms with Crippen molar-refractivity contribution in [2.24, 2.45) is 0 Å². The molecule has 174 valence electrons. The quantitative estimate of drug-likeness (QED) is 0.196. The van der Waals surface area contributed by atoms with E-state index in [-0.39, 0.29) is 5.57 Å². The van der Waals surface area contributed by atoms with Gasteiger partial charge in [-0.2, -0.15) is 5.26 Å². The van der Waals surface area contributed by atoms with Crippen molar-refractivity contribution in [3.05, 3.63) is 106 Å². The molecular formula is C29H23BrN2O3. The maximum atomic E-state index is 12.6. The SMILES string of the molecule is CCOc1ccc(NC(=O)C(C#N)=Cc2ccc(OCc3cccc4ccccc34)c(Br)c2)cc1. The lowest BCUT2D eigenvalue weighted by atomic mass is 10.1. The number of benzene rings is 4. The summed E-state index contributed by atoms with van der Waals surface area (Å²) in [5.74, 6) is 0.908. The Hall–Kier alpha value is -4.08. The Labute approximate surface area is 212 Å². The van der Waals surface area contributed by atoms with Crippen LogP contribution in [0.4, 0.5) is 5.69 Å². The van der Waals surface area contributed by atoms with Gasteiger partial charge in [-0.25, -0.2) is 0 Å². The van der Waals surface area contributed by atoms with Crippen LogP contribution in [-0.2, 0) is 11.4 Å². The molecule has 1 N–H and O–H groups in total. The summed E-state index contributed by atoms with van der Waals surface area (Å²) in [6.45, 7) is 2.89. The van der Waals surface area contributed by atoms with Crippen LogP contribution in [0.2, 0.25) is 0 Å². The second-order valence-corrected chi connectivity index (χ2v) is 8.55. The highest BCUT2D eigenvalue weighted by Crippen LogP contribution is 2.29. The van der Waals surface area contributed by atoms with Gasteiger partial charge < -0.3 is 14.8 Å². The van der Waals surface area contributed by atoms with E-state index in [1.807, 2.05) is 49.4 Å². The molecule has 0 aliphatic carbocycles. The van der Waals surface area contributed by atoms with Crippen LogP contribution in [0.15, 0.2) is 95.0 Å². The minimum absolute atomic E-state index is 0.00444. The third-order valence-corrected chi connectivity index (χ3v) is 5.94. The molecule has 35 heavy (non-hydrogen) atoms. The molecule has 0 radical (unpaired) electrons. The smallest absolute Gasteiger partial charge is 0.266 e. The van der Waals surface area contributed by atoms with Crippen molar-refractivity contribution in [1.82, 2.24) is 0 Å². The lowest BCUT2D eigenvalue weighted by Crippen LogP contribution is -2.13. The second kappa shape index (κ2) is 11.4. The summed E-state index contributed by atoms with van der Waals surface area (Å²) in [6.07, 6.45) is 1.54. The first-order chi connectivity index (χ1) is 17.1. The zero-order valence-electron chi connectivity index (χ0n) is 19.1. The van der Waals surface area contributed by atoms with Gasteiger partial charge in [0.25, 0.3) is 5.91 Å². The Morgan fingerprint density at radius 3 is 2.51 bits per heavy atom. The molecule has 4 aromatic carbocycles. The summed E-state index contributed by atoms with van der Waals surface area (Å²) < 4.78 is 12.2. The van der Waals surface area contributed by atoms with Gasteiger partial charge in [-0.05, 0) is 87.2 Å². The number of carbonyl (C=O) groups is 1. The molecule has 0 saturated heterocycles. The molecule has 0 unspecified atom stereocenters. The van der Waals surface area contributed by atoms with E-state index >= 15 is 0 Å². The van der Waals surface area contributed by atoms with Crippen molar-refractivity contribution < 1.29 is 14.3 Å². The Balaban J connectivity index is 1.45. The maximum Gasteiger partial charge on any atom is 0.266 e. The third-order valence-electron chi connectivity index (χ3n) is 5.32. The van der Waals surface area contributed by atoms with Gasteiger partial charge in [0.1, 0.15) is 29.7 Å². The number of hydrogen-bond donors (Lipinski definition) is 1. The number of rotatable bonds is 8. The van der Waals surface area contributed by atoms with Gasteiger partial charge in [0.05, 0.1) is 11.1 Å². The first-order valence-electron chi connectivity index (χ1n) is 11.1. The fourth-order valence-electron chi connectivity index (χ4n) is 3.61. The van der Waals surface area contributed by atoms with Crippen molar-refractivity contribution in [2.45, 2.75) is 13.5 Å². The summed E-state index contributed by atoms with van der Waals surface area (Å²) in [5.41, 5.74) is 2.37. The fourth-order valence-corrected chi connectivity index (χ4v) is 4.12. The van der Waals surface area contributed by atoms with Crippen LogP contribution in [0.5, 0.6) is 11.5 Å². The number of halogens is 1. The number of amides is 1. The Bertz CT molecular complexity index is 1420. The monoisotopic (exact) mass is 526 g/mol. The molecule has 0 heterocycles. The van der Waals surface area contributed by atoms with Crippen LogP contribution in [0.3, 0.4) is 0 Å². The standard InChI is InChI=1S/C29H23BrN2O3/c1-2-34-25-13-11-24(12-14-25)32-29(33)23(18-31)16-20-10-15-28(27(30)17-20)35-19-22-8-5-7-21-6-3-4-9-26(21)22/h3-17H,2,19H2,1H3,(H,32,33). The first-order valence-corrected chi connectivity index (χ1v) is 11.9. The predicted octanol–water partition coefficient (Wildman–Crippen LogP) is 7.13. The van der Waals surface area contributed by atoms with E-state index in [2.05, 4.69) is 45.5 Å². The average Bonchev–Trinajstić information content (AvgIpc) is 2.88. The maximum absolute atomic E-state index is 12.6. The van der Waals surface area contributed by atoms with Crippen LogP contribution in [0.1, 0.15) is 18.1 Å². The Morgan fingerprint density at radius 1 is 1.00 bits per heavy atom. The summed E-state index contributed by atoms with van der Waals surface area (Å²) >= 11 is 3.54. The van der Waals surface area contributed by atoms with E-state index < -0.39 is 5.91 Å². The van der Waals surface area contributed by atoms with Crippen LogP contribution in [-0.4, -0.2) is 12.5 Å². The number of anilines is 1. The van der Waals surface area contributed by atoms with Gasteiger partial charge in [-0.15, -0.1) is 0 Å². The summed E-state index contributed by atoms with van der Waals surface area (Å²) in [6, 6.07) is 28.8.